The van der Waals surface area contributed by atoms with Crippen LogP contribution < -0.4 is 21.8 Å². The van der Waals surface area contributed by atoms with Crippen LogP contribution in [0.15, 0.2) is 175 Å². The van der Waals surface area contributed by atoms with Crippen molar-refractivity contribution in [2.75, 3.05) is 38.5 Å². The van der Waals surface area contributed by atoms with E-state index in [1.165, 1.54) is 22.3 Å². The smallest absolute Gasteiger partial charge is 0.0743 e. The summed E-state index contributed by atoms with van der Waals surface area (Å²) in [6.45, 7) is 17.7. The monoisotopic (exact) mass is 667 g/mol. The van der Waals surface area contributed by atoms with E-state index in [1.54, 1.807) is 0 Å². The minimum atomic E-state index is -0.385. The molecule has 0 saturated carbocycles. The Morgan fingerprint density at radius 2 is 1.82 bits per heavy atom. The van der Waals surface area contributed by atoms with Crippen LogP contribution in [0.5, 0.6) is 0 Å². The van der Waals surface area contributed by atoms with Crippen molar-refractivity contribution in [1.82, 2.24) is 15.8 Å². The summed E-state index contributed by atoms with van der Waals surface area (Å²) < 4.78 is 0. The van der Waals surface area contributed by atoms with Crippen LogP contribution in [0, 0.1) is 5.41 Å². The molecule has 0 fully saturated rings. The molecule has 0 radical (unpaired) electrons. The van der Waals surface area contributed by atoms with Gasteiger partial charge in [0.05, 0.1) is 5.54 Å². The lowest BCUT2D eigenvalue weighted by molar-refractivity contribution is 0.109. The SMILES string of the molecule is C=C/C=C1/C2=C(CCC=C2)C(C)(C)/C1=C/CNc1ccc(C(/C=C\C=C/C)=C\NN(CC(=C)/C=C\C=C/CNC)C2(CN)C=CC=CC2)cc1. The molecular weight excluding hydrogens is 611 g/mol. The van der Waals surface area contributed by atoms with Gasteiger partial charge in [0.25, 0.3) is 0 Å². The standard InChI is InChI=1S/C45H57N5/c1-7-9-12-21-38(33-49-50(45(35-46)29-16-11-17-30-45)34-36(3)20-13-10-18-31-47-6)37-24-26-39(27-25-37)48-32-28-43-40(19-8-2)41-22-14-15-23-42(41)44(43,4)5/h7-14,16-22,24-29,33,47-49H,2-3,15,23,30-32,34-35,46H2,1,4-6H3/b9-7-,18-10-,20-13-,21-12-,38-33-,40-19-,43-28+. The van der Waals surface area contributed by atoms with Crippen molar-refractivity contribution in [1.29, 1.82) is 0 Å². The molecule has 3 aliphatic rings. The maximum Gasteiger partial charge on any atom is 0.0743 e. The van der Waals surface area contributed by atoms with E-state index in [2.05, 4.69) is 151 Å². The van der Waals surface area contributed by atoms with Crippen molar-refractivity contribution >= 4 is 11.3 Å². The molecule has 1 atom stereocenters. The molecule has 0 bridgehead atoms. The van der Waals surface area contributed by atoms with Gasteiger partial charge in [-0.2, -0.15) is 0 Å². The third-order valence-corrected chi connectivity index (χ3v) is 9.53. The molecule has 1 aromatic carbocycles. The molecule has 0 spiro atoms. The van der Waals surface area contributed by atoms with Gasteiger partial charge < -0.3 is 21.8 Å². The van der Waals surface area contributed by atoms with Crippen molar-refractivity contribution in [3.05, 3.63) is 180 Å². The molecule has 1 aromatic rings. The summed E-state index contributed by atoms with van der Waals surface area (Å²) in [5, 5.41) is 8.96. The van der Waals surface area contributed by atoms with Crippen molar-refractivity contribution in [2.45, 2.75) is 45.6 Å². The van der Waals surface area contributed by atoms with Gasteiger partial charge in [0.1, 0.15) is 0 Å². The predicted molar refractivity (Wildman–Crippen MR) is 218 cm³/mol. The first-order valence-electron chi connectivity index (χ1n) is 17.8. The van der Waals surface area contributed by atoms with Gasteiger partial charge in [-0.15, -0.1) is 0 Å². The van der Waals surface area contributed by atoms with E-state index in [1.807, 2.05) is 44.4 Å². The molecule has 5 heteroatoms. The lowest BCUT2D eigenvalue weighted by Crippen LogP contribution is -2.57. The average molecular weight is 668 g/mol. The fourth-order valence-corrected chi connectivity index (χ4v) is 6.73. The molecule has 0 aromatic heterocycles. The van der Waals surface area contributed by atoms with Gasteiger partial charge in [0, 0.05) is 43.5 Å². The minimum absolute atomic E-state index is 0.0125. The third-order valence-electron chi connectivity index (χ3n) is 9.53. The molecule has 0 heterocycles. The molecule has 1 unspecified atom stereocenters. The van der Waals surface area contributed by atoms with Crippen molar-refractivity contribution < 1.29 is 0 Å². The second-order valence-corrected chi connectivity index (χ2v) is 13.4. The molecular formula is C45H57N5. The molecule has 4 rings (SSSR count). The first-order valence-corrected chi connectivity index (χ1v) is 17.8. The maximum absolute atomic E-state index is 6.45. The summed E-state index contributed by atoms with van der Waals surface area (Å²) in [6, 6.07) is 8.64. The Hall–Kier alpha value is -4.68. The van der Waals surface area contributed by atoms with Crippen LogP contribution in [0.3, 0.4) is 0 Å². The zero-order valence-electron chi connectivity index (χ0n) is 30.6. The summed E-state index contributed by atoms with van der Waals surface area (Å²) in [4.78, 5) is 0. The highest BCUT2D eigenvalue weighted by Crippen LogP contribution is 2.53. The molecule has 5 nitrogen and oxygen atoms in total. The number of hydrogen-bond donors (Lipinski definition) is 4. The number of rotatable bonds is 17. The number of hydrazine groups is 1. The Balaban J connectivity index is 1.53. The van der Waals surface area contributed by atoms with Crippen LogP contribution in [0.2, 0.25) is 0 Å². The Kier molecular flexibility index (Phi) is 14.4. The first-order chi connectivity index (χ1) is 24.3. The van der Waals surface area contributed by atoms with E-state index >= 15 is 0 Å². The highest BCUT2D eigenvalue weighted by molar-refractivity contribution is 5.75. The van der Waals surface area contributed by atoms with Crippen LogP contribution in [-0.2, 0) is 0 Å². The van der Waals surface area contributed by atoms with Crippen LogP contribution in [-0.4, -0.2) is 43.8 Å². The number of likely N-dealkylation sites (N-methyl/N-ethyl adjacent to an activating group) is 1. The second kappa shape index (κ2) is 18.9. The van der Waals surface area contributed by atoms with E-state index in [-0.39, 0.29) is 11.0 Å². The quantitative estimate of drug-likeness (QED) is 0.0986. The molecule has 0 saturated heterocycles. The molecule has 5 N–H and O–H groups in total. The molecule has 3 aliphatic carbocycles. The van der Waals surface area contributed by atoms with Crippen molar-refractivity contribution in [2.24, 2.45) is 11.1 Å². The molecule has 0 amide bonds. The normalized spacial score (nSPS) is 22.0. The van der Waals surface area contributed by atoms with Crippen LogP contribution >= 0.6 is 0 Å². The molecule has 262 valence electrons. The van der Waals surface area contributed by atoms with Gasteiger partial charge in [0.2, 0.25) is 0 Å². The average Bonchev–Trinajstić information content (AvgIpc) is 3.34. The van der Waals surface area contributed by atoms with Crippen molar-refractivity contribution in [3.8, 4) is 0 Å². The number of nitrogens with one attached hydrogen (secondary N) is 3. The summed E-state index contributed by atoms with van der Waals surface area (Å²) >= 11 is 0. The number of nitrogens with zero attached hydrogens (tertiary/aromatic N) is 1. The minimum Gasteiger partial charge on any atom is -0.382 e. The highest BCUT2D eigenvalue weighted by atomic mass is 15.5. The van der Waals surface area contributed by atoms with Crippen molar-refractivity contribution in [3.63, 3.8) is 0 Å². The van der Waals surface area contributed by atoms with Gasteiger partial charge in [-0.1, -0.05) is 148 Å². The number of benzene rings is 1. The van der Waals surface area contributed by atoms with Crippen LogP contribution in [0.1, 0.15) is 45.6 Å². The predicted octanol–water partition coefficient (Wildman–Crippen LogP) is 9.21. The number of allylic oxidation sites excluding steroid dienone is 17. The summed E-state index contributed by atoms with van der Waals surface area (Å²) in [5.74, 6) is 0. The maximum atomic E-state index is 6.45. The largest absolute Gasteiger partial charge is 0.382 e. The number of nitrogens with two attached hydrogens (primary N) is 1. The fraction of sp³-hybridized carbons (Fsp3) is 0.289. The summed E-state index contributed by atoms with van der Waals surface area (Å²) in [7, 11) is 1.94. The van der Waals surface area contributed by atoms with Gasteiger partial charge in [-0.25, -0.2) is 5.01 Å². The molecule has 0 aliphatic heterocycles. The van der Waals surface area contributed by atoms with Crippen LogP contribution in [0.4, 0.5) is 5.69 Å². The van der Waals surface area contributed by atoms with E-state index < -0.39 is 0 Å². The van der Waals surface area contributed by atoms with E-state index in [4.69, 9.17) is 5.73 Å². The van der Waals surface area contributed by atoms with Crippen LogP contribution in [0.25, 0.3) is 5.57 Å². The Bertz CT molecular complexity index is 1680. The zero-order chi connectivity index (χ0) is 35.8. The fourth-order valence-electron chi connectivity index (χ4n) is 6.73. The zero-order valence-corrected chi connectivity index (χ0v) is 30.6. The highest BCUT2D eigenvalue weighted by Gasteiger charge is 2.39. The van der Waals surface area contributed by atoms with Gasteiger partial charge in [0.15, 0.2) is 0 Å². The summed E-state index contributed by atoms with van der Waals surface area (Å²) in [6.07, 6.45) is 41.1. The van der Waals surface area contributed by atoms with Gasteiger partial charge in [-0.05, 0) is 78.8 Å². The van der Waals surface area contributed by atoms with Gasteiger partial charge >= 0.3 is 0 Å². The third kappa shape index (κ3) is 9.72. The number of anilines is 1. The molecule has 50 heavy (non-hydrogen) atoms. The Morgan fingerprint density at radius 1 is 1.02 bits per heavy atom. The Labute approximate surface area is 301 Å². The topological polar surface area (TPSA) is 65.3 Å². The van der Waals surface area contributed by atoms with E-state index in [9.17, 15) is 0 Å². The first kappa shape index (κ1) is 38.1. The number of hydrogen-bond acceptors (Lipinski definition) is 5. The lowest BCUT2D eigenvalue weighted by atomic mass is 9.78. The lowest BCUT2D eigenvalue weighted by Gasteiger charge is -2.41. The van der Waals surface area contributed by atoms with E-state index in [0.717, 1.165) is 54.7 Å². The van der Waals surface area contributed by atoms with Gasteiger partial charge in [-0.3, -0.25) is 0 Å². The Morgan fingerprint density at radius 3 is 2.52 bits per heavy atom. The summed E-state index contributed by atoms with van der Waals surface area (Å²) in [5.41, 5.74) is 19.5. The van der Waals surface area contributed by atoms with E-state index in [0.29, 0.717) is 13.1 Å². The second-order valence-electron chi connectivity index (χ2n) is 13.4.